The number of carbonyl (C=O) groups excluding carboxylic acids is 1. The van der Waals surface area contributed by atoms with Gasteiger partial charge in [0.25, 0.3) is 5.91 Å². The van der Waals surface area contributed by atoms with Gasteiger partial charge in [0, 0.05) is 29.2 Å². The highest BCUT2D eigenvalue weighted by Gasteiger charge is 2.30. The topological polar surface area (TPSA) is 107 Å². The van der Waals surface area contributed by atoms with Gasteiger partial charge in [-0.25, -0.2) is 0 Å². The zero-order valence-electron chi connectivity index (χ0n) is 12.5. The van der Waals surface area contributed by atoms with E-state index in [1.54, 1.807) is 6.07 Å². The minimum atomic E-state index is -1.37. The number of benzene rings is 1. The van der Waals surface area contributed by atoms with Crippen molar-refractivity contribution in [2.75, 3.05) is 19.7 Å². The Balaban J connectivity index is 2.03. The van der Waals surface area contributed by atoms with E-state index < -0.39 is 18.6 Å². The lowest BCUT2D eigenvalue weighted by Crippen LogP contribution is -2.46. The third-order valence-electron chi connectivity index (χ3n) is 4.25. The van der Waals surface area contributed by atoms with Crippen LogP contribution in [0.2, 0.25) is 5.02 Å². The molecule has 1 fully saturated rings. The Labute approximate surface area is 148 Å². The van der Waals surface area contributed by atoms with Gasteiger partial charge in [-0.15, -0.1) is 0 Å². The molecular formula is C15H20BrClN2O4. The van der Waals surface area contributed by atoms with Crippen molar-refractivity contribution in [3.8, 4) is 5.75 Å². The Bertz CT molecular complexity index is 579. The van der Waals surface area contributed by atoms with Crippen molar-refractivity contribution in [1.82, 2.24) is 4.90 Å². The minimum Gasteiger partial charge on any atom is -0.508 e. The van der Waals surface area contributed by atoms with Crippen molar-refractivity contribution in [2.45, 2.75) is 25.0 Å². The fourth-order valence-corrected chi connectivity index (χ4v) is 3.34. The zero-order chi connectivity index (χ0) is 17.1. The summed E-state index contributed by atoms with van der Waals surface area (Å²) in [4.78, 5) is 13.4. The number of nitrogens with zero attached hydrogens (tertiary/aromatic N) is 1. The predicted octanol–water partition coefficient (Wildman–Crippen LogP) is 1.40. The fraction of sp³-hybridized carbons (Fsp3) is 0.533. The summed E-state index contributed by atoms with van der Waals surface area (Å²) < 4.78 is 0.603. The number of likely N-dealkylation sites (tertiary alicyclic amines) is 1. The molecule has 1 heterocycles. The molecule has 1 aliphatic heterocycles. The van der Waals surface area contributed by atoms with Gasteiger partial charge in [-0.2, -0.15) is 0 Å². The quantitative estimate of drug-likeness (QED) is 0.603. The molecule has 0 bridgehead atoms. The molecule has 1 amide bonds. The van der Waals surface area contributed by atoms with Crippen LogP contribution >= 0.6 is 27.5 Å². The van der Waals surface area contributed by atoms with E-state index >= 15 is 0 Å². The molecule has 2 atom stereocenters. The average Bonchev–Trinajstić information content (AvgIpc) is 2.56. The molecule has 0 spiro atoms. The highest BCUT2D eigenvalue weighted by atomic mass is 79.9. The predicted molar refractivity (Wildman–Crippen MR) is 90.1 cm³/mol. The number of nitrogens with two attached hydrogens (primary N) is 1. The number of hydrogen-bond acceptors (Lipinski definition) is 5. The van der Waals surface area contributed by atoms with Crippen molar-refractivity contribution in [3.63, 3.8) is 0 Å². The van der Waals surface area contributed by atoms with E-state index in [2.05, 4.69) is 15.9 Å². The monoisotopic (exact) mass is 406 g/mol. The highest BCUT2D eigenvalue weighted by molar-refractivity contribution is 9.10. The lowest BCUT2D eigenvalue weighted by atomic mass is 9.85. The summed E-state index contributed by atoms with van der Waals surface area (Å²) in [6, 6.07) is 2.78. The number of aliphatic hydroxyl groups is 2. The molecule has 8 heteroatoms. The molecule has 1 saturated heterocycles. The van der Waals surface area contributed by atoms with Crippen LogP contribution in [0.3, 0.4) is 0 Å². The molecule has 0 aliphatic carbocycles. The van der Waals surface area contributed by atoms with E-state index in [9.17, 15) is 15.0 Å². The maximum Gasteiger partial charge on any atom is 0.253 e. The van der Waals surface area contributed by atoms with Crippen LogP contribution in [0.1, 0.15) is 24.4 Å². The third kappa shape index (κ3) is 4.16. The lowest BCUT2D eigenvalue weighted by molar-refractivity contribution is -0.143. The second kappa shape index (κ2) is 7.81. The molecule has 128 valence electrons. The first-order chi connectivity index (χ1) is 10.8. The van der Waals surface area contributed by atoms with Gasteiger partial charge in [0.05, 0.1) is 11.6 Å². The van der Waals surface area contributed by atoms with E-state index in [0.717, 1.165) is 0 Å². The normalized spacial score (nSPS) is 18.7. The standard InChI is InChI=1S/C15H20BrClN2O4/c16-10-6-12(21)9(5-11(10)17)14(18)8-1-3-19(4-2-8)15(23)13(22)7-20/h5-6,8,13-14,20-22H,1-4,7,18H2. The van der Waals surface area contributed by atoms with Crippen LogP contribution in [0, 0.1) is 5.92 Å². The smallest absolute Gasteiger partial charge is 0.253 e. The molecular weight excluding hydrogens is 388 g/mol. The molecule has 1 aromatic rings. The first kappa shape index (κ1) is 18.5. The van der Waals surface area contributed by atoms with Gasteiger partial charge in [-0.3, -0.25) is 4.79 Å². The number of carbonyl (C=O) groups is 1. The molecule has 0 saturated carbocycles. The van der Waals surface area contributed by atoms with E-state index in [-0.39, 0.29) is 17.7 Å². The van der Waals surface area contributed by atoms with Crippen LogP contribution in [0.25, 0.3) is 0 Å². The number of aromatic hydroxyl groups is 1. The number of halogens is 2. The van der Waals surface area contributed by atoms with Crippen molar-refractivity contribution in [3.05, 3.63) is 27.2 Å². The van der Waals surface area contributed by atoms with E-state index in [4.69, 9.17) is 22.4 Å². The van der Waals surface area contributed by atoms with Crippen molar-refractivity contribution in [2.24, 2.45) is 11.7 Å². The summed E-state index contributed by atoms with van der Waals surface area (Å²) >= 11 is 9.31. The van der Waals surface area contributed by atoms with E-state index in [1.807, 2.05) is 0 Å². The zero-order valence-corrected chi connectivity index (χ0v) is 14.8. The van der Waals surface area contributed by atoms with Crippen molar-refractivity contribution < 1.29 is 20.1 Å². The molecule has 23 heavy (non-hydrogen) atoms. The van der Waals surface area contributed by atoms with Crippen LogP contribution in [-0.2, 0) is 4.79 Å². The second-order valence-electron chi connectivity index (χ2n) is 5.71. The number of hydrogen-bond donors (Lipinski definition) is 4. The number of aliphatic hydroxyl groups excluding tert-OH is 2. The molecule has 1 aliphatic rings. The van der Waals surface area contributed by atoms with Gasteiger partial charge < -0.3 is 26.0 Å². The molecule has 1 aromatic carbocycles. The third-order valence-corrected chi connectivity index (χ3v) is 5.44. The molecule has 0 aromatic heterocycles. The summed E-state index contributed by atoms with van der Waals surface area (Å²) in [7, 11) is 0. The summed E-state index contributed by atoms with van der Waals surface area (Å²) in [6.07, 6.45) is -0.0642. The van der Waals surface area contributed by atoms with Crippen LogP contribution in [0.15, 0.2) is 16.6 Å². The van der Waals surface area contributed by atoms with Crippen LogP contribution in [0.5, 0.6) is 5.75 Å². The van der Waals surface area contributed by atoms with Crippen LogP contribution in [-0.4, -0.2) is 51.9 Å². The number of phenols is 1. The Morgan fingerprint density at radius 2 is 2.04 bits per heavy atom. The summed E-state index contributed by atoms with van der Waals surface area (Å²) in [6.45, 7) is 0.335. The Morgan fingerprint density at radius 1 is 1.43 bits per heavy atom. The summed E-state index contributed by atoms with van der Waals surface area (Å²) in [5.74, 6) is -0.287. The number of amides is 1. The van der Waals surface area contributed by atoms with Crippen molar-refractivity contribution in [1.29, 1.82) is 0 Å². The number of piperidine rings is 1. The van der Waals surface area contributed by atoms with Gasteiger partial charge in [-0.1, -0.05) is 11.6 Å². The molecule has 6 nitrogen and oxygen atoms in total. The molecule has 5 N–H and O–H groups in total. The SMILES string of the molecule is NC(c1cc(Cl)c(Br)cc1O)C1CCN(C(=O)C(O)CO)CC1. The fourth-order valence-electron chi connectivity index (χ4n) is 2.84. The van der Waals surface area contributed by atoms with E-state index in [0.29, 0.717) is 41.0 Å². The molecule has 2 rings (SSSR count). The summed E-state index contributed by atoms with van der Waals surface area (Å²) in [5.41, 5.74) is 6.85. The maximum absolute atomic E-state index is 11.8. The first-order valence-electron chi connectivity index (χ1n) is 7.36. The van der Waals surface area contributed by atoms with Crippen molar-refractivity contribution >= 4 is 33.4 Å². The maximum atomic E-state index is 11.8. The first-order valence-corrected chi connectivity index (χ1v) is 8.53. The largest absolute Gasteiger partial charge is 0.508 e. The van der Waals surface area contributed by atoms with Gasteiger partial charge in [0.15, 0.2) is 6.10 Å². The Morgan fingerprint density at radius 3 is 2.61 bits per heavy atom. The Hall–Kier alpha value is -0.860. The average molecular weight is 408 g/mol. The van der Waals surface area contributed by atoms with Gasteiger partial charge >= 0.3 is 0 Å². The summed E-state index contributed by atoms with van der Waals surface area (Å²) in [5, 5.41) is 28.8. The highest BCUT2D eigenvalue weighted by Crippen LogP contribution is 2.37. The molecule has 0 radical (unpaired) electrons. The van der Waals surface area contributed by atoms with E-state index in [1.165, 1.54) is 11.0 Å². The van der Waals surface area contributed by atoms with Gasteiger partial charge in [0.2, 0.25) is 0 Å². The van der Waals surface area contributed by atoms with Gasteiger partial charge in [-0.05, 0) is 46.8 Å². The van der Waals surface area contributed by atoms with Crippen LogP contribution < -0.4 is 5.73 Å². The Kier molecular flexibility index (Phi) is 6.27. The number of phenolic OH excluding ortho intramolecular Hbond substituents is 1. The lowest BCUT2D eigenvalue weighted by Gasteiger charge is -2.35. The minimum absolute atomic E-state index is 0.0861. The molecule has 2 unspecified atom stereocenters. The number of rotatable bonds is 4. The van der Waals surface area contributed by atoms with Crippen LogP contribution in [0.4, 0.5) is 0 Å². The second-order valence-corrected chi connectivity index (χ2v) is 6.97. The van der Waals surface area contributed by atoms with Gasteiger partial charge in [0.1, 0.15) is 5.75 Å².